The van der Waals surface area contributed by atoms with E-state index in [1.807, 2.05) is 12.1 Å². The van der Waals surface area contributed by atoms with Crippen molar-refractivity contribution in [3.05, 3.63) is 35.6 Å². The van der Waals surface area contributed by atoms with Crippen molar-refractivity contribution in [2.75, 3.05) is 13.1 Å². The van der Waals surface area contributed by atoms with Crippen molar-refractivity contribution < 1.29 is 4.39 Å². The predicted octanol–water partition coefficient (Wildman–Crippen LogP) is 2.87. The molecule has 1 heterocycles. The van der Waals surface area contributed by atoms with Crippen molar-refractivity contribution in [3.63, 3.8) is 0 Å². The van der Waals surface area contributed by atoms with Crippen LogP contribution in [0.5, 0.6) is 0 Å². The number of benzene rings is 1. The Hall–Kier alpha value is -1.58. The Morgan fingerprint density at radius 1 is 1.15 bits per heavy atom. The summed E-state index contributed by atoms with van der Waals surface area (Å²) >= 11 is 0. The van der Waals surface area contributed by atoms with Crippen LogP contribution in [0.1, 0.15) is 43.6 Å². The van der Waals surface area contributed by atoms with Crippen LogP contribution in [0.4, 0.5) is 4.39 Å². The molecule has 108 valence electrons. The highest BCUT2D eigenvalue weighted by molar-refractivity contribution is 5.78. The topological polar surface area (TPSA) is 41.6 Å². The second-order valence-corrected chi connectivity index (χ2v) is 5.82. The van der Waals surface area contributed by atoms with Crippen LogP contribution in [0, 0.1) is 5.82 Å². The van der Waals surface area contributed by atoms with Crippen molar-refractivity contribution in [2.45, 2.75) is 44.1 Å². The average Bonchev–Trinajstić information content (AvgIpc) is 3.22. The number of likely N-dealkylation sites (tertiary alicyclic amines) is 1. The van der Waals surface area contributed by atoms with E-state index in [-0.39, 0.29) is 17.8 Å². The van der Waals surface area contributed by atoms with Crippen LogP contribution in [-0.2, 0) is 0 Å². The molecule has 2 fully saturated rings. The van der Waals surface area contributed by atoms with Gasteiger partial charge in [-0.3, -0.25) is 0 Å². The first-order chi connectivity index (χ1) is 9.75. The third kappa shape index (κ3) is 2.94. The van der Waals surface area contributed by atoms with Crippen molar-refractivity contribution in [1.82, 2.24) is 4.90 Å². The molecule has 3 nitrogen and oxygen atoms in total. The summed E-state index contributed by atoms with van der Waals surface area (Å²) in [6, 6.07) is 7.15. The largest absolute Gasteiger partial charge is 0.370 e. The first-order valence-corrected chi connectivity index (χ1v) is 7.58. The summed E-state index contributed by atoms with van der Waals surface area (Å²) in [7, 11) is 0. The molecule has 3 rings (SSSR count). The Morgan fingerprint density at radius 2 is 1.85 bits per heavy atom. The molecule has 4 heteroatoms. The van der Waals surface area contributed by atoms with Gasteiger partial charge in [0.2, 0.25) is 0 Å². The summed E-state index contributed by atoms with van der Waals surface area (Å²) in [6.07, 6.45) is 5.86. The Labute approximate surface area is 119 Å². The molecule has 0 bridgehead atoms. The minimum Gasteiger partial charge on any atom is -0.370 e. The fourth-order valence-electron chi connectivity index (χ4n) is 2.99. The molecule has 2 atom stereocenters. The van der Waals surface area contributed by atoms with E-state index in [0.717, 1.165) is 25.1 Å². The lowest BCUT2D eigenvalue weighted by Gasteiger charge is -2.21. The van der Waals surface area contributed by atoms with Crippen LogP contribution in [0.25, 0.3) is 0 Å². The van der Waals surface area contributed by atoms with Gasteiger partial charge in [-0.1, -0.05) is 31.0 Å². The van der Waals surface area contributed by atoms with E-state index in [1.165, 1.54) is 31.7 Å². The number of nitrogens with two attached hydrogens (primary N) is 1. The summed E-state index contributed by atoms with van der Waals surface area (Å²) in [4.78, 5) is 6.79. The van der Waals surface area contributed by atoms with E-state index in [4.69, 9.17) is 5.73 Å². The van der Waals surface area contributed by atoms with Gasteiger partial charge in [0.1, 0.15) is 5.82 Å². The lowest BCUT2D eigenvalue weighted by Crippen LogP contribution is -2.38. The van der Waals surface area contributed by atoms with Gasteiger partial charge in [0.05, 0.1) is 6.04 Å². The van der Waals surface area contributed by atoms with E-state index in [2.05, 4.69) is 9.89 Å². The second-order valence-electron chi connectivity index (χ2n) is 5.82. The van der Waals surface area contributed by atoms with Crippen LogP contribution < -0.4 is 5.73 Å². The fraction of sp³-hybridized carbons (Fsp3) is 0.562. The molecule has 1 aliphatic carbocycles. The van der Waals surface area contributed by atoms with E-state index < -0.39 is 0 Å². The van der Waals surface area contributed by atoms with Crippen molar-refractivity contribution in [1.29, 1.82) is 0 Å². The van der Waals surface area contributed by atoms with Gasteiger partial charge in [0.15, 0.2) is 5.96 Å². The monoisotopic (exact) mass is 275 g/mol. The minimum atomic E-state index is -0.122. The second kappa shape index (κ2) is 5.81. The van der Waals surface area contributed by atoms with Crippen LogP contribution in [0.2, 0.25) is 0 Å². The molecule has 0 spiro atoms. The molecule has 2 N–H and O–H groups in total. The number of hydrogen-bond donors (Lipinski definition) is 1. The average molecular weight is 275 g/mol. The first-order valence-electron chi connectivity index (χ1n) is 7.58. The molecule has 20 heavy (non-hydrogen) atoms. The summed E-state index contributed by atoms with van der Waals surface area (Å²) in [5.74, 6) is 0.737. The maximum atomic E-state index is 13.7. The first kappa shape index (κ1) is 13.4. The Balaban J connectivity index is 1.64. The van der Waals surface area contributed by atoms with E-state index >= 15 is 0 Å². The van der Waals surface area contributed by atoms with Crippen molar-refractivity contribution >= 4 is 5.96 Å². The number of rotatable bonds is 2. The fourth-order valence-corrected chi connectivity index (χ4v) is 2.99. The zero-order valence-electron chi connectivity index (χ0n) is 11.8. The molecule has 1 aromatic carbocycles. The minimum absolute atomic E-state index is 0.122. The number of guanidine groups is 1. The number of aliphatic imine (C=N–C) groups is 1. The molecular weight excluding hydrogens is 253 g/mol. The summed E-state index contributed by atoms with van der Waals surface area (Å²) < 4.78 is 13.7. The van der Waals surface area contributed by atoms with Gasteiger partial charge in [-0.05, 0) is 30.9 Å². The maximum Gasteiger partial charge on any atom is 0.191 e. The summed E-state index contributed by atoms with van der Waals surface area (Å²) in [5.41, 5.74) is 6.90. The highest BCUT2D eigenvalue weighted by Gasteiger charge is 2.40. The van der Waals surface area contributed by atoms with Crippen LogP contribution in [-0.4, -0.2) is 30.0 Å². The van der Waals surface area contributed by atoms with Gasteiger partial charge in [-0.2, -0.15) is 0 Å². The van der Waals surface area contributed by atoms with Crippen molar-refractivity contribution in [3.8, 4) is 0 Å². The molecule has 0 amide bonds. The number of nitrogens with zero attached hydrogens (tertiary/aromatic N) is 2. The van der Waals surface area contributed by atoms with Crippen molar-refractivity contribution in [2.24, 2.45) is 10.7 Å². The Kier molecular flexibility index (Phi) is 3.90. The third-order valence-corrected chi connectivity index (χ3v) is 4.29. The highest BCUT2D eigenvalue weighted by atomic mass is 19.1. The molecule has 1 aromatic rings. The molecule has 2 unspecified atom stereocenters. The normalized spacial score (nSPS) is 27.2. The van der Waals surface area contributed by atoms with Gasteiger partial charge in [-0.25, -0.2) is 9.38 Å². The molecule has 1 saturated heterocycles. The van der Waals surface area contributed by atoms with Crippen LogP contribution >= 0.6 is 0 Å². The predicted molar refractivity (Wildman–Crippen MR) is 79.2 cm³/mol. The SMILES string of the molecule is NC(=NC1CC1c1ccccc1F)N1CCCCCC1. The molecule has 0 radical (unpaired) electrons. The molecule has 2 aliphatic rings. The van der Waals surface area contributed by atoms with Gasteiger partial charge in [0, 0.05) is 19.0 Å². The zero-order valence-corrected chi connectivity index (χ0v) is 11.8. The molecular formula is C16H22FN3. The van der Waals surface area contributed by atoms with Crippen LogP contribution in [0.15, 0.2) is 29.3 Å². The van der Waals surface area contributed by atoms with E-state index in [1.54, 1.807) is 6.07 Å². The summed E-state index contributed by atoms with van der Waals surface area (Å²) in [5, 5.41) is 0. The Morgan fingerprint density at radius 3 is 2.55 bits per heavy atom. The Bertz CT molecular complexity index is 492. The smallest absolute Gasteiger partial charge is 0.191 e. The number of hydrogen-bond acceptors (Lipinski definition) is 1. The quantitative estimate of drug-likeness (QED) is 0.666. The van der Waals surface area contributed by atoms with Gasteiger partial charge < -0.3 is 10.6 Å². The zero-order chi connectivity index (χ0) is 13.9. The lowest BCUT2D eigenvalue weighted by molar-refractivity contribution is 0.428. The van der Waals surface area contributed by atoms with Crippen LogP contribution in [0.3, 0.4) is 0 Å². The summed E-state index contributed by atoms with van der Waals surface area (Å²) in [6.45, 7) is 2.01. The number of halogens is 1. The molecule has 1 saturated carbocycles. The molecule has 1 aliphatic heterocycles. The third-order valence-electron chi connectivity index (χ3n) is 4.29. The van der Waals surface area contributed by atoms with Gasteiger partial charge in [0.25, 0.3) is 0 Å². The molecule has 0 aromatic heterocycles. The van der Waals surface area contributed by atoms with Gasteiger partial charge >= 0.3 is 0 Å². The van der Waals surface area contributed by atoms with E-state index in [0.29, 0.717) is 5.96 Å². The lowest BCUT2D eigenvalue weighted by atomic mass is 10.1. The van der Waals surface area contributed by atoms with E-state index in [9.17, 15) is 4.39 Å². The maximum absolute atomic E-state index is 13.7. The standard InChI is InChI=1S/C16H22FN3/c17-14-8-4-3-7-12(14)13-11-15(13)19-16(18)20-9-5-1-2-6-10-20/h3-4,7-8,13,15H,1-2,5-6,9-11H2,(H2,18,19). The highest BCUT2D eigenvalue weighted by Crippen LogP contribution is 2.44. The van der Waals surface area contributed by atoms with Gasteiger partial charge in [-0.15, -0.1) is 0 Å².